The molecule has 3 heteroatoms. The predicted octanol–water partition coefficient (Wildman–Crippen LogP) is 1.63. The maximum absolute atomic E-state index is 12.2. The lowest BCUT2D eigenvalue weighted by Gasteiger charge is -2.36. The maximum atomic E-state index is 12.2. The second-order valence-corrected chi connectivity index (χ2v) is 5.09. The summed E-state index contributed by atoms with van der Waals surface area (Å²) in [5, 5.41) is 3.28. The van der Waals surface area contributed by atoms with Gasteiger partial charge in [-0.05, 0) is 26.3 Å². The molecule has 1 rings (SSSR count). The number of nitrogens with zero attached hydrogens (tertiary/aromatic N) is 1. The SMILES string of the molecule is CCC(C)(C)C(=O)N1CCC(NC)CC1. The van der Waals surface area contributed by atoms with E-state index in [4.69, 9.17) is 0 Å². The van der Waals surface area contributed by atoms with Crippen molar-refractivity contribution in [2.45, 2.75) is 46.1 Å². The molecule has 88 valence electrons. The fraction of sp³-hybridized carbons (Fsp3) is 0.917. The number of nitrogens with one attached hydrogen (secondary N) is 1. The van der Waals surface area contributed by atoms with Gasteiger partial charge in [-0.3, -0.25) is 4.79 Å². The van der Waals surface area contributed by atoms with Crippen molar-refractivity contribution < 1.29 is 4.79 Å². The van der Waals surface area contributed by atoms with Crippen LogP contribution in [0, 0.1) is 5.41 Å². The summed E-state index contributed by atoms with van der Waals surface area (Å²) in [6, 6.07) is 0.596. The number of carbonyl (C=O) groups is 1. The molecule has 1 aliphatic heterocycles. The van der Waals surface area contributed by atoms with E-state index in [-0.39, 0.29) is 5.41 Å². The van der Waals surface area contributed by atoms with Crippen molar-refractivity contribution >= 4 is 5.91 Å². The van der Waals surface area contributed by atoms with Gasteiger partial charge < -0.3 is 10.2 Å². The Hall–Kier alpha value is -0.570. The molecule has 1 fully saturated rings. The van der Waals surface area contributed by atoms with E-state index in [0.717, 1.165) is 32.4 Å². The van der Waals surface area contributed by atoms with E-state index in [2.05, 4.69) is 12.2 Å². The van der Waals surface area contributed by atoms with E-state index in [1.165, 1.54) is 0 Å². The van der Waals surface area contributed by atoms with Crippen LogP contribution >= 0.6 is 0 Å². The first-order chi connectivity index (χ1) is 7.01. The molecule has 0 aromatic rings. The molecule has 3 nitrogen and oxygen atoms in total. The van der Waals surface area contributed by atoms with Gasteiger partial charge in [-0.2, -0.15) is 0 Å². The average Bonchev–Trinajstić information content (AvgIpc) is 2.28. The van der Waals surface area contributed by atoms with Crippen molar-refractivity contribution in [1.82, 2.24) is 10.2 Å². The van der Waals surface area contributed by atoms with Gasteiger partial charge >= 0.3 is 0 Å². The van der Waals surface area contributed by atoms with E-state index in [1.807, 2.05) is 25.8 Å². The lowest BCUT2D eigenvalue weighted by Crippen LogP contribution is -2.48. The van der Waals surface area contributed by atoms with Crippen molar-refractivity contribution in [1.29, 1.82) is 0 Å². The molecular formula is C12H24N2O. The minimum atomic E-state index is -0.188. The quantitative estimate of drug-likeness (QED) is 0.771. The van der Waals surface area contributed by atoms with Crippen LogP contribution < -0.4 is 5.32 Å². The van der Waals surface area contributed by atoms with Gasteiger partial charge in [-0.25, -0.2) is 0 Å². The molecular weight excluding hydrogens is 188 g/mol. The Labute approximate surface area is 93.2 Å². The van der Waals surface area contributed by atoms with Crippen LogP contribution in [0.25, 0.3) is 0 Å². The third-order valence-electron chi connectivity index (χ3n) is 3.65. The molecule has 15 heavy (non-hydrogen) atoms. The molecule has 0 atom stereocenters. The third-order valence-corrected chi connectivity index (χ3v) is 3.65. The number of hydrogen-bond acceptors (Lipinski definition) is 2. The Morgan fingerprint density at radius 3 is 2.33 bits per heavy atom. The Morgan fingerprint density at radius 1 is 1.40 bits per heavy atom. The van der Waals surface area contributed by atoms with Crippen LogP contribution in [0.3, 0.4) is 0 Å². The molecule has 0 bridgehead atoms. The van der Waals surface area contributed by atoms with Gasteiger partial charge in [-0.1, -0.05) is 20.8 Å². The lowest BCUT2D eigenvalue weighted by atomic mass is 9.87. The normalized spacial score (nSPS) is 19.3. The van der Waals surface area contributed by atoms with Crippen LogP contribution in [0.15, 0.2) is 0 Å². The van der Waals surface area contributed by atoms with Gasteiger partial charge in [0.05, 0.1) is 0 Å². The molecule has 0 spiro atoms. The van der Waals surface area contributed by atoms with E-state index >= 15 is 0 Å². The number of amides is 1. The number of piperidine rings is 1. The standard InChI is InChI=1S/C12H24N2O/c1-5-12(2,3)11(15)14-8-6-10(13-4)7-9-14/h10,13H,5-9H2,1-4H3. The van der Waals surface area contributed by atoms with Crippen LogP contribution in [0.2, 0.25) is 0 Å². The summed E-state index contributed by atoms with van der Waals surface area (Å²) in [6.45, 7) is 7.98. The molecule has 1 saturated heterocycles. The molecule has 0 saturated carbocycles. The highest BCUT2D eigenvalue weighted by atomic mass is 16.2. The van der Waals surface area contributed by atoms with Crippen LogP contribution in [-0.2, 0) is 4.79 Å². The zero-order valence-electron chi connectivity index (χ0n) is 10.5. The zero-order chi connectivity index (χ0) is 11.5. The fourth-order valence-corrected chi connectivity index (χ4v) is 1.95. The highest BCUT2D eigenvalue weighted by Crippen LogP contribution is 2.24. The molecule has 1 amide bonds. The summed E-state index contributed by atoms with van der Waals surface area (Å²) in [4.78, 5) is 14.2. The Balaban J connectivity index is 2.50. The Morgan fingerprint density at radius 2 is 1.93 bits per heavy atom. The third kappa shape index (κ3) is 2.94. The molecule has 0 aromatic heterocycles. The summed E-state index contributed by atoms with van der Waals surface area (Å²) in [7, 11) is 2.00. The molecule has 0 radical (unpaired) electrons. The summed E-state index contributed by atoms with van der Waals surface area (Å²) in [6.07, 6.45) is 3.09. The zero-order valence-corrected chi connectivity index (χ0v) is 10.5. The topological polar surface area (TPSA) is 32.3 Å². The van der Waals surface area contributed by atoms with Crippen molar-refractivity contribution in [3.8, 4) is 0 Å². The van der Waals surface area contributed by atoms with Gasteiger partial charge in [0.25, 0.3) is 0 Å². The monoisotopic (exact) mass is 212 g/mol. The smallest absolute Gasteiger partial charge is 0.228 e. The summed E-state index contributed by atoms with van der Waals surface area (Å²) in [5.74, 6) is 0.319. The average molecular weight is 212 g/mol. The van der Waals surface area contributed by atoms with Gasteiger partial charge in [0.2, 0.25) is 5.91 Å². The van der Waals surface area contributed by atoms with Gasteiger partial charge in [0.1, 0.15) is 0 Å². The second-order valence-electron chi connectivity index (χ2n) is 5.09. The van der Waals surface area contributed by atoms with Crippen molar-refractivity contribution in [3.05, 3.63) is 0 Å². The van der Waals surface area contributed by atoms with Crippen molar-refractivity contribution in [2.75, 3.05) is 20.1 Å². The molecule has 1 heterocycles. The molecule has 0 aromatic carbocycles. The van der Waals surface area contributed by atoms with Crippen LogP contribution in [-0.4, -0.2) is 37.0 Å². The summed E-state index contributed by atoms with van der Waals surface area (Å²) < 4.78 is 0. The molecule has 1 N–H and O–H groups in total. The largest absolute Gasteiger partial charge is 0.342 e. The second kappa shape index (κ2) is 4.97. The van der Waals surface area contributed by atoms with Gasteiger partial charge in [0.15, 0.2) is 0 Å². The van der Waals surface area contributed by atoms with E-state index in [9.17, 15) is 4.79 Å². The molecule has 1 aliphatic rings. The Bertz CT molecular complexity index is 218. The molecule has 0 unspecified atom stereocenters. The molecule has 0 aliphatic carbocycles. The summed E-state index contributed by atoms with van der Waals surface area (Å²) in [5.41, 5.74) is -0.188. The lowest BCUT2D eigenvalue weighted by molar-refractivity contribution is -0.141. The number of likely N-dealkylation sites (tertiary alicyclic amines) is 1. The first kappa shape index (κ1) is 12.5. The Kier molecular flexibility index (Phi) is 4.14. The minimum Gasteiger partial charge on any atom is -0.342 e. The first-order valence-corrected chi connectivity index (χ1v) is 5.98. The van der Waals surface area contributed by atoms with Crippen LogP contribution in [0.5, 0.6) is 0 Å². The number of hydrogen-bond donors (Lipinski definition) is 1. The van der Waals surface area contributed by atoms with Gasteiger partial charge in [0, 0.05) is 24.5 Å². The van der Waals surface area contributed by atoms with Crippen molar-refractivity contribution in [3.63, 3.8) is 0 Å². The van der Waals surface area contributed by atoms with E-state index in [1.54, 1.807) is 0 Å². The summed E-state index contributed by atoms with van der Waals surface area (Å²) >= 11 is 0. The van der Waals surface area contributed by atoms with Crippen LogP contribution in [0.1, 0.15) is 40.0 Å². The van der Waals surface area contributed by atoms with Crippen molar-refractivity contribution in [2.24, 2.45) is 5.41 Å². The highest BCUT2D eigenvalue weighted by Gasteiger charge is 2.32. The first-order valence-electron chi connectivity index (χ1n) is 5.98. The fourth-order valence-electron chi connectivity index (χ4n) is 1.95. The number of carbonyl (C=O) groups excluding carboxylic acids is 1. The van der Waals surface area contributed by atoms with E-state index in [0.29, 0.717) is 11.9 Å². The minimum absolute atomic E-state index is 0.188. The predicted molar refractivity (Wildman–Crippen MR) is 62.7 cm³/mol. The van der Waals surface area contributed by atoms with Gasteiger partial charge in [-0.15, -0.1) is 0 Å². The van der Waals surface area contributed by atoms with Crippen LogP contribution in [0.4, 0.5) is 0 Å². The number of rotatable bonds is 3. The highest BCUT2D eigenvalue weighted by molar-refractivity contribution is 5.81. The van der Waals surface area contributed by atoms with E-state index < -0.39 is 0 Å². The maximum Gasteiger partial charge on any atom is 0.228 e.